The van der Waals surface area contributed by atoms with Gasteiger partial charge in [-0.15, -0.1) is 0 Å². The van der Waals surface area contributed by atoms with Crippen molar-refractivity contribution in [2.75, 3.05) is 24.6 Å². The van der Waals surface area contributed by atoms with Crippen LogP contribution >= 0.6 is 0 Å². The van der Waals surface area contributed by atoms with Gasteiger partial charge in [-0.3, -0.25) is 4.90 Å². The number of amides is 2. The van der Waals surface area contributed by atoms with Crippen LogP contribution in [0, 0.1) is 5.92 Å². The number of carboxylic acid groups (broad SMARTS) is 1. The lowest BCUT2D eigenvalue weighted by molar-refractivity contribution is 0.0692. The summed E-state index contributed by atoms with van der Waals surface area (Å²) < 4.78 is 5.45. The van der Waals surface area contributed by atoms with Gasteiger partial charge in [0.15, 0.2) is 5.75 Å². The molecule has 2 N–H and O–H groups in total. The lowest BCUT2D eigenvalue weighted by Crippen LogP contribution is -2.45. The minimum absolute atomic E-state index is 0.0861. The number of anilines is 1. The number of urea groups is 1. The second-order valence-electron chi connectivity index (χ2n) is 5.42. The molecule has 1 aromatic rings. The Bertz CT molecular complexity index is 569. The summed E-state index contributed by atoms with van der Waals surface area (Å²) in [5.74, 6) is -0.0164. The number of benzene rings is 1. The number of hydrogen-bond donors (Lipinski definition) is 2. The molecule has 1 aromatic carbocycles. The van der Waals surface area contributed by atoms with Gasteiger partial charge in [0.25, 0.3) is 0 Å². The van der Waals surface area contributed by atoms with Crippen LogP contribution < -0.4 is 15.0 Å². The molecule has 1 heterocycles. The topological polar surface area (TPSA) is 78.9 Å². The molecular formula is C15H18N2O4. The van der Waals surface area contributed by atoms with E-state index in [0.29, 0.717) is 25.4 Å². The lowest BCUT2D eigenvalue weighted by Gasteiger charge is -2.30. The number of aromatic carboxylic acids is 1. The van der Waals surface area contributed by atoms with Gasteiger partial charge in [0.1, 0.15) is 12.2 Å². The SMILES string of the molecule is O=C(O)c1cccc2c1OCCN2C(=O)NCCC1CC1. The fraction of sp³-hybridized carbons (Fsp3) is 0.467. The van der Waals surface area contributed by atoms with Crippen LogP contribution in [-0.2, 0) is 0 Å². The third-order valence-electron chi connectivity index (χ3n) is 3.85. The maximum absolute atomic E-state index is 12.3. The highest BCUT2D eigenvalue weighted by molar-refractivity contribution is 5.99. The predicted octanol–water partition coefficient (Wildman–Crippen LogP) is 2.09. The summed E-state index contributed by atoms with van der Waals surface area (Å²) in [5, 5.41) is 12.1. The molecule has 21 heavy (non-hydrogen) atoms. The Morgan fingerprint density at radius 1 is 1.38 bits per heavy atom. The van der Waals surface area contributed by atoms with Crippen molar-refractivity contribution in [2.24, 2.45) is 5.92 Å². The average Bonchev–Trinajstić information content (AvgIpc) is 3.30. The molecule has 0 aromatic heterocycles. The average molecular weight is 290 g/mol. The number of nitrogens with zero attached hydrogens (tertiary/aromatic N) is 1. The van der Waals surface area contributed by atoms with E-state index in [2.05, 4.69) is 5.32 Å². The van der Waals surface area contributed by atoms with E-state index in [9.17, 15) is 14.7 Å². The lowest BCUT2D eigenvalue weighted by atomic mass is 10.1. The summed E-state index contributed by atoms with van der Waals surface area (Å²) in [6.45, 7) is 1.38. The zero-order valence-electron chi connectivity index (χ0n) is 11.7. The summed E-state index contributed by atoms with van der Waals surface area (Å²) in [6.07, 6.45) is 3.54. The second kappa shape index (κ2) is 5.63. The first-order chi connectivity index (χ1) is 10.2. The maximum Gasteiger partial charge on any atom is 0.339 e. The van der Waals surface area contributed by atoms with Crippen LogP contribution in [0.25, 0.3) is 0 Å². The van der Waals surface area contributed by atoms with Crippen LogP contribution in [0.3, 0.4) is 0 Å². The van der Waals surface area contributed by atoms with Gasteiger partial charge in [0, 0.05) is 6.54 Å². The zero-order valence-corrected chi connectivity index (χ0v) is 11.7. The first-order valence-electron chi connectivity index (χ1n) is 7.21. The van der Waals surface area contributed by atoms with Crippen LogP contribution in [0.2, 0.25) is 0 Å². The summed E-state index contributed by atoms with van der Waals surface area (Å²) in [6, 6.07) is 4.63. The van der Waals surface area contributed by atoms with E-state index in [-0.39, 0.29) is 17.3 Å². The van der Waals surface area contributed by atoms with Crippen molar-refractivity contribution in [3.8, 4) is 5.75 Å². The van der Waals surface area contributed by atoms with E-state index in [4.69, 9.17) is 4.74 Å². The smallest absolute Gasteiger partial charge is 0.339 e. The Labute approximate surface area is 122 Å². The number of hydrogen-bond acceptors (Lipinski definition) is 3. The number of rotatable bonds is 4. The predicted molar refractivity (Wildman–Crippen MR) is 77.0 cm³/mol. The Kier molecular flexibility index (Phi) is 3.68. The van der Waals surface area contributed by atoms with Crippen molar-refractivity contribution < 1.29 is 19.4 Å². The minimum atomic E-state index is -1.05. The molecule has 1 aliphatic carbocycles. The Morgan fingerprint density at radius 2 is 2.19 bits per heavy atom. The molecule has 0 spiro atoms. The van der Waals surface area contributed by atoms with Gasteiger partial charge >= 0.3 is 12.0 Å². The van der Waals surface area contributed by atoms with Gasteiger partial charge < -0.3 is 15.2 Å². The molecule has 6 nitrogen and oxygen atoms in total. The Morgan fingerprint density at radius 3 is 2.90 bits per heavy atom. The molecule has 1 aliphatic heterocycles. The first-order valence-corrected chi connectivity index (χ1v) is 7.21. The highest BCUT2D eigenvalue weighted by atomic mass is 16.5. The van der Waals surface area contributed by atoms with Crippen molar-refractivity contribution in [3.05, 3.63) is 23.8 Å². The molecule has 2 aliphatic rings. The van der Waals surface area contributed by atoms with E-state index in [1.54, 1.807) is 17.0 Å². The number of ether oxygens (including phenoxy) is 1. The normalized spacial score (nSPS) is 16.9. The molecule has 0 radical (unpaired) electrons. The zero-order chi connectivity index (χ0) is 14.8. The van der Waals surface area contributed by atoms with Gasteiger partial charge in [-0.25, -0.2) is 9.59 Å². The van der Waals surface area contributed by atoms with Crippen molar-refractivity contribution >= 4 is 17.7 Å². The summed E-state index contributed by atoms with van der Waals surface area (Å²) in [5.41, 5.74) is 0.605. The summed E-state index contributed by atoms with van der Waals surface area (Å²) >= 11 is 0. The van der Waals surface area contributed by atoms with Crippen LogP contribution in [0.1, 0.15) is 29.6 Å². The van der Waals surface area contributed by atoms with E-state index in [1.165, 1.54) is 18.9 Å². The first kappa shape index (κ1) is 13.7. The van der Waals surface area contributed by atoms with Gasteiger partial charge in [0.05, 0.1) is 12.2 Å². The van der Waals surface area contributed by atoms with Crippen molar-refractivity contribution in [1.82, 2.24) is 5.32 Å². The molecule has 1 fully saturated rings. The van der Waals surface area contributed by atoms with Gasteiger partial charge in [0.2, 0.25) is 0 Å². The molecule has 0 atom stereocenters. The van der Waals surface area contributed by atoms with Crippen molar-refractivity contribution in [2.45, 2.75) is 19.3 Å². The third kappa shape index (κ3) is 2.94. The molecule has 2 amide bonds. The standard InChI is InChI=1S/C15H18N2O4/c18-14(19)11-2-1-3-12-13(11)21-9-8-17(12)15(20)16-7-6-10-4-5-10/h1-3,10H,4-9H2,(H,16,20)(H,18,19). The molecule has 3 rings (SSSR count). The van der Waals surface area contributed by atoms with Gasteiger partial charge in [-0.2, -0.15) is 0 Å². The Balaban J connectivity index is 1.74. The van der Waals surface area contributed by atoms with Gasteiger partial charge in [-0.05, 0) is 24.5 Å². The molecule has 6 heteroatoms. The Hall–Kier alpha value is -2.24. The summed E-state index contributed by atoms with van der Waals surface area (Å²) in [4.78, 5) is 25.0. The van der Waals surface area contributed by atoms with Crippen LogP contribution in [0.5, 0.6) is 5.75 Å². The molecular weight excluding hydrogens is 272 g/mol. The highest BCUT2D eigenvalue weighted by Crippen LogP contribution is 2.35. The molecule has 0 unspecified atom stereocenters. The molecule has 0 bridgehead atoms. The molecule has 112 valence electrons. The fourth-order valence-corrected chi connectivity index (χ4v) is 2.51. The van der Waals surface area contributed by atoms with E-state index >= 15 is 0 Å². The quantitative estimate of drug-likeness (QED) is 0.890. The van der Waals surface area contributed by atoms with Crippen LogP contribution in [0.4, 0.5) is 10.5 Å². The number of carbonyl (C=O) groups is 2. The maximum atomic E-state index is 12.3. The third-order valence-corrected chi connectivity index (χ3v) is 3.85. The minimum Gasteiger partial charge on any atom is -0.489 e. The summed E-state index contributed by atoms with van der Waals surface area (Å²) in [7, 11) is 0. The van der Waals surface area contributed by atoms with Crippen molar-refractivity contribution in [3.63, 3.8) is 0 Å². The van der Waals surface area contributed by atoms with Gasteiger partial charge in [-0.1, -0.05) is 18.9 Å². The fourth-order valence-electron chi connectivity index (χ4n) is 2.51. The second-order valence-corrected chi connectivity index (χ2v) is 5.42. The van der Waals surface area contributed by atoms with Crippen LogP contribution in [-0.4, -0.2) is 36.8 Å². The molecule has 1 saturated carbocycles. The highest BCUT2D eigenvalue weighted by Gasteiger charge is 2.28. The monoisotopic (exact) mass is 290 g/mol. The van der Waals surface area contributed by atoms with Crippen LogP contribution in [0.15, 0.2) is 18.2 Å². The van der Waals surface area contributed by atoms with E-state index < -0.39 is 5.97 Å². The van der Waals surface area contributed by atoms with E-state index in [0.717, 1.165) is 12.3 Å². The molecule has 0 saturated heterocycles. The number of carboxylic acids is 1. The largest absolute Gasteiger partial charge is 0.489 e. The number of fused-ring (bicyclic) bond motifs is 1. The van der Waals surface area contributed by atoms with Crippen molar-refractivity contribution in [1.29, 1.82) is 0 Å². The number of nitrogens with one attached hydrogen (secondary N) is 1. The number of carbonyl (C=O) groups excluding carboxylic acids is 1. The number of para-hydroxylation sites is 1. The van der Waals surface area contributed by atoms with E-state index in [1.807, 2.05) is 0 Å².